The summed E-state index contributed by atoms with van der Waals surface area (Å²) >= 11 is 0. The molecule has 2 aliphatic rings. The van der Waals surface area contributed by atoms with Gasteiger partial charge in [-0.05, 0) is 48.9 Å². The Morgan fingerprint density at radius 2 is 1.88 bits per heavy atom. The predicted octanol–water partition coefficient (Wildman–Crippen LogP) is 2.75. The summed E-state index contributed by atoms with van der Waals surface area (Å²) < 4.78 is 0. The van der Waals surface area contributed by atoms with Crippen molar-refractivity contribution in [2.75, 3.05) is 0 Å². The lowest BCUT2D eigenvalue weighted by Crippen LogP contribution is -2.55. The number of hydrogen-bond donors (Lipinski definition) is 2. The minimum atomic E-state index is -0.589. The van der Waals surface area contributed by atoms with Gasteiger partial charge in [0.1, 0.15) is 0 Å². The van der Waals surface area contributed by atoms with E-state index in [1.165, 1.54) is 5.57 Å². The van der Waals surface area contributed by atoms with Crippen molar-refractivity contribution in [3.05, 3.63) is 12.2 Å². The Morgan fingerprint density at radius 1 is 1.24 bits per heavy atom. The second-order valence-corrected chi connectivity index (χ2v) is 6.83. The maximum Gasteiger partial charge on any atom is 0.0840 e. The van der Waals surface area contributed by atoms with Crippen LogP contribution in [0.1, 0.15) is 46.5 Å². The Kier molecular flexibility index (Phi) is 3.39. The SMILES string of the molecule is C=C1CCCC(C)C(O)C(O)C2C1CC2(C)C. The molecule has 2 saturated carbocycles. The summed E-state index contributed by atoms with van der Waals surface area (Å²) in [7, 11) is 0. The molecule has 98 valence electrons. The first-order chi connectivity index (χ1) is 7.84. The largest absolute Gasteiger partial charge is 0.390 e. The highest BCUT2D eigenvalue weighted by Crippen LogP contribution is 2.56. The maximum absolute atomic E-state index is 10.4. The second-order valence-electron chi connectivity index (χ2n) is 6.83. The van der Waals surface area contributed by atoms with Crippen LogP contribution in [0.2, 0.25) is 0 Å². The molecule has 17 heavy (non-hydrogen) atoms. The van der Waals surface area contributed by atoms with Crippen molar-refractivity contribution >= 4 is 0 Å². The number of allylic oxidation sites excluding steroid dienone is 1. The van der Waals surface area contributed by atoms with E-state index in [1.807, 2.05) is 6.92 Å². The number of aliphatic hydroxyl groups is 2. The lowest BCUT2D eigenvalue weighted by molar-refractivity contribution is -0.134. The number of fused-ring (bicyclic) bond motifs is 1. The van der Waals surface area contributed by atoms with E-state index < -0.39 is 12.2 Å². The van der Waals surface area contributed by atoms with Gasteiger partial charge in [-0.1, -0.05) is 32.9 Å². The zero-order valence-electron chi connectivity index (χ0n) is 11.3. The molecule has 2 nitrogen and oxygen atoms in total. The topological polar surface area (TPSA) is 40.5 Å². The summed E-state index contributed by atoms with van der Waals surface area (Å²) in [4.78, 5) is 0. The highest BCUT2D eigenvalue weighted by atomic mass is 16.3. The molecule has 2 N–H and O–H groups in total. The van der Waals surface area contributed by atoms with Gasteiger partial charge in [0.25, 0.3) is 0 Å². The van der Waals surface area contributed by atoms with Crippen LogP contribution in [0.15, 0.2) is 12.2 Å². The fraction of sp³-hybridized carbons (Fsp3) is 0.867. The molecule has 2 rings (SSSR count). The molecule has 5 unspecified atom stereocenters. The van der Waals surface area contributed by atoms with Gasteiger partial charge >= 0.3 is 0 Å². The van der Waals surface area contributed by atoms with Crippen molar-refractivity contribution in [3.63, 3.8) is 0 Å². The Bertz CT molecular complexity index is 308. The van der Waals surface area contributed by atoms with E-state index in [9.17, 15) is 10.2 Å². The lowest BCUT2D eigenvalue weighted by atomic mass is 9.51. The molecule has 2 aliphatic carbocycles. The molecular formula is C15H26O2. The van der Waals surface area contributed by atoms with Crippen molar-refractivity contribution in [1.82, 2.24) is 0 Å². The van der Waals surface area contributed by atoms with E-state index in [4.69, 9.17) is 0 Å². The first-order valence-corrected chi connectivity index (χ1v) is 6.88. The second kappa shape index (κ2) is 4.40. The lowest BCUT2D eigenvalue weighted by Gasteiger charge is -2.55. The summed E-state index contributed by atoms with van der Waals surface area (Å²) in [6, 6.07) is 0. The molecule has 0 bridgehead atoms. The Morgan fingerprint density at radius 3 is 2.47 bits per heavy atom. The molecule has 0 heterocycles. The first kappa shape index (κ1) is 13.1. The zero-order chi connectivity index (χ0) is 12.8. The molecule has 2 fully saturated rings. The van der Waals surface area contributed by atoms with Gasteiger partial charge in [-0.25, -0.2) is 0 Å². The van der Waals surface area contributed by atoms with Crippen LogP contribution in [0.4, 0.5) is 0 Å². The molecule has 0 aromatic carbocycles. The van der Waals surface area contributed by atoms with Crippen LogP contribution in [0.3, 0.4) is 0 Å². The fourth-order valence-electron chi connectivity index (χ4n) is 3.87. The summed E-state index contributed by atoms with van der Waals surface area (Å²) in [6.07, 6.45) is 3.07. The van der Waals surface area contributed by atoms with Gasteiger partial charge in [0.15, 0.2) is 0 Å². The highest BCUT2D eigenvalue weighted by molar-refractivity contribution is 5.15. The monoisotopic (exact) mass is 238 g/mol. The smallest absolute Gasteiger partial charge is 0.0840 e. The average molecular weight is 238 g/mol. The van der Waals surface area contributed by atoms with Crippen LogP contribution in [-0.4, -0.2) is 22.4 Å². The number of rotatable bonds is 0. The fourth-order valence-corrected chi connectivity index (χ4v) is 3.87. The number of hydrogen-bond acceptors (Lipinski definition) is 2. The van der Waals surface area contributed by atoms with Crippen LogP contribution < -0.4 is 0 Å². The van der Waals surface area contributed by atoms with Crippen LogP contribution in [0.5, 0.6) is 0 Å². The van der Waals surface area contributed by atoms with Gasteiger partial charge in [-0.3, -0.25) is 0 Å². The average Bonchev–Trinajstić information content (AvgIpc) is 2.26. The molecular weight excluding hydrogens is 212 g/mol. The summed E-state index contributed by atoms with van der Waals surface area (Å²) in [5.41, 5.74) is 1.42. The van der Waals surface area contributed by atoms with Gasteiger partial charge < -0.3 is 10.2 Å². The standard InChI is InChI=1S/C15H26O2/c1-9-6-5-7-10(2)13(16)14(17)12-11(9)8-15(12,3)4/h10-14,16-17H,1,5-8H2,2-4H3. The third kappa shape index (κ3) is 2.17. The van der Waals surface area contributed by atoms with E-state index in [0.29, 0.717) is 5.92 Å². The van der Waals surface area contributed by atoms with Crippen molar-refractivity contribution < 1.29 is 10.2 Å². The van der Waals surface area contributed by atoms with Crippen LogP contribution in [0.25, 0.3) is 0 Å². The summed E-state index contributed by atoms with van der Waals surface area (Å²) in [5, 5.41) is 20.7. The molecule has 0 radical (unpaired) electrons. The molecule has 0 saturated heterocycles. The minimum absolute atomic E-state index is 0.137. The third-order valence-electron chi connectivity index (χ3n) is 5.06. The predicted molar refractivity (Wildman–Crippen MR) is 69.5 cm³/mol. The van der Waals surface area contributed by atoms with E-state index in [1.54, 1.807) is 0 Å². The Hall–Kier alpha value is -0.340. The van der Waals surface area contributed by atoms with Crippen LogP contribution >= 0.6 is 0 Å². The van der Waals surface area contributed by atoms with E-state index in [0.717, 1.165) is 25.7 Å². The van der Waals surface area contributed by atoms with Crippen LogP contribution in [-0.2, 0) is 0 Å². The van der Waals surface area contributed by atoms with Crippen molar-refractivity contribution in [1.29, 1.82) is 0 Å². The summed E-state index contributed by atoms with van der Waals surface area (Å²) in [6.45, 7) is 10.6. The van der Waals surface area contributed by atoms with E-state index in [-0.39, 0.29) is 17.3 Å². The van der Waals surface area contributed by atoms with Crippen molar-refractivity contribution in [2.24, 2.45) is 23.2 Å². The molecule has 0 aromatic rings. The van der Waals surface area contributed by atoms with Crippen molar-refractivity contribution in [2.45, 2.75) is 58.7 Å². The van der Waals surface area contributed by atoms with E-state index >= 15 is 0 Å². The zero-order valence-corrected chi connectivity index (χ0v) is 11.3. The Labute approximate surface area is 105 Å². The minimum Gasteiger partial charge on any atom is -0.390 e. The normalized spacial score (nSPS) is 46.2. The molecule has 0 aliphatic heterocycles. The molecule has 5 atom stereocenters. The quantitative estimate of drug-likeness (QED) is 0.637. The number of aliphatic hydroxyl groups excluding tert-OH is 2. The Balaban J connectivity index is 2.24. The highest BCUT2D eigenvalue weighted by Gasteiger charge is 2.53. The third-order valence-corrected chi connectivity index (χ3v) is 5.06. The maximum atomic E-state index is 10.4. The van der Waals surface area contributed by atoms with Gasteiger partial charge in [0, 0.05) is 0 Å². The first-order valence-electron chi connectivity index (χ1n) is 6.88. The molecule has 0 spiro atoms. The van der Waals surface area contributed by atoms with Gasteiger partial charge in [0.2, 0.25) is 0 Å². The van der Waals surface area contributed by atoms with E-state index in [2.05, 4.69) is 20.4 Å². The van der Waals surface area contributed by atoms with Gasteiger partial charge in [0.05, 0.1) is 12.2 Å². The van der Waals surface area contributed by atoms with Gasteiger partial charge in [-0.2, -0.15) is 0 Å². The van der Waals surface area contributed by atoms with Gasteiger partial charge in [-0.15, -0.1) is 0 Å². The molecule has 0 amide bonds. The molecule has 0 aromatic heterocycles. The van der Waals surface area contributed by atoms with Crippen molar-refractivity contribution in [3.8, 4) is 0 Å². The molecule has 2 heteroatoms. The summed E-state index contributed by atoms with van der Waals surface area (Å²) in [5.74, 6) is 0.790. The van der Waals surface area contributed by atoms with Crippen LogP contribution in [0, 0.1) is 23.2 Å².